The zero-order chi connectivity index (χ0) is 20.3. The predicted molar refractivity (Wildman–Crippen MR) is 109 cm³/mol. The number of methoxy groups -OCH3 is 1. The van der Waals surface area contributed by atoms with Crippen LogP contribution in [0.25, 0.3) is 0 Å². The van der Waals surface area contributed by atoms with Crippen LogP contribution in [0.4, 0.5) is 15.9 Å². The fourth-order valence-corrected chi connectivity index (χ4v) is 4.90. The van der Waals surface area contributed by atoms with Crippen LogP contribution in [0.15, 0.2) is 52.2 Å². The minimum absolute atomic E-state index is 0.0162. The van der Waals surface area contributed by atoms with E-state index < -0.39 is 15.8 Å². The molecule has 1 N–H and O–H groups in total. The maximum atomic E-state index is 14.7. The van der Waals surface area contributed by atoms with Gasteiger partial charge in [-0.2, -0.15) is 0 Å². The molecule has 1 heterocycles. The van der Waals surface area contributed by atoms with E-state index in [0.717, 1.165) is 9.87 Å². The number of rotatable bonds is 7. The first-order chi connectivity index (χ1) is 13.4. The maximum absolute atomic E-state index is 14.7. The number of nitrogens with one attached hydrogen (secondary N) is 1. The molecule has 148 valence electrons. The number of aryl methyl sites for hydroxylation is 1. The largest absolute Gasteiger partial charge is 0.497 e. The molecule has 3 rings (SSSR count). The Morgan fingerprint density at radius 2 is 1.96 bits per heavy atom. The van der Waals surface area contributed by atoms with Crippen LogP contribution in [0.1, 0.15) is 11.1 Å². The number of hydrogen-bond donors (Lipinski definition) is 1. The van der Waals surface area contributed by atoms with E-state index in [1.165, 1.54) is 29.0 Å². The maximum Gasteiger partial charge on any atom is 0.268 e. The van der Waals surface area contributed by atoms with Gasteiger partial charge in [-0.1, -0.05) is 12.1 Å². The monoisotopic (exact) mass is 421 g/mol. The molecule has 0 fully saturated rings. The summed E-state index contributed by atoms with van der Waals surface area (Å²) in [5.74, 6) is 0.0941. The van der Waals surface area contributed by atoms with Crippen LogP contribution in [0.2, 0.25) is 0 Å². The molecule has 0 unspecified atom stereocenters. The molecule has 0 saturated carbocycles. The summed E-state index contributed by atoms with van der Waals surface area (Å²) in [6, 6.07) is 9.54. The summed E-state index contributed by atoms with van der Waals surface area (Å²) in [5.41, 5.74) is 3.43. The lowest BCUT2D eigenvalue weighted by Crippen LogP contribution is -2.31. The van der Waals surface area contributed by atoms with Crippen molar-refractivity contribution in [3.63, 3.8) is 0 Å². The zero-order valence-corrected chi connectivity index (χ0v) is 17.3. The Morgan fingerprint density at radius 1 is 1.25 bits per heavy atom. The fraction of sp³-hybridized carbons (Fsp3) is 0.211. The third-order valence-electron chi connectivity index (χ3n) is 4.28. The summed E-state index contributed by atoms with van der Waals surface area (Å²) in [7, 11) is -0.962. The molecular weight excluding hydrogens is 401 g/mol. The molecule has 28 heavy (non-hydrogen) atoms. The first kappa shape index (κ1) is 20.1. The minimum atomic E-state index is -4.17. The zero-order valence-electron chi connectivity index (χ0n) is 15.6. The number of hydrogen-bond acceptors (Lipinski definition) is 6. The summed E-state index contributed by atoms with van der Waals surface area (Å²) in [4.78, 5) is 3.75. The number of ether oxygens (including phenoxy) is 1. The van der Waals surface area contributed by atoms with E-state index in [1.807, 2.05) is 0 Å². The molecule has 0 bridgehead atoms. The van der Waals surface area contributed by atoms with Crippen LogP contribution < -0.4 is 14.4 Å². The van der Waals surface area contributed by atoms with Crippen molar-refractivity contribution in [1.29, 1.82) is 0 Å². The van der Waals surface area contributed by atoms with Crippen LogP contribution in [0.5, 0.6) is 5.75 Å². The van der Waals surface area contributed by atoms with Crippen LogP contribution in [0, 0.1) is 12.7 Å². The van der Waals surface area contributed by atoms with Gasteiger partial charge in [0.2, 0.25) is 0 Å². The van der Waals surface area contributed by atoms with E-state index in [1.54, 1.807) is 50.7 Å². The molecule has 0 aliphatic heterocycles. The van der Waals surface area contributed by atoms with Gasteiger partial charge in [0.25, 0.3) is 10.0 Å². The molecule has 0 amide bonds. The van der Waals surface area contributed by atoms with E-state index in [9.17, 15) is 12.8 Å². The SMILES string of the molecule is CNc1cc(F)c(S(=O)(=O)N(Cc2ccc(OC)cc2)c2cscn2)cc1C. The summed E-state index contributed by atoms with van der Waals surface area (Å²) >= 11 is 1.27. The van der Waals surface area contributed by atoms with Gasteiger partial charge in [-0.05, 0) is 42.3 Å². The number of halogens is 1. The van der Waals surface area contributed by atoms with Gasteiger partial charge in [0.15, 0.2) is 5.82 Å². The highest BCUT2D eigenvalue weighted by Gasteiger charge is 2.30. The topological polar surface area (TPSA) is 71.5 Å². The second kappa shape index (κ2) is 8.15. The molecule has 3 aromatic rings. The fourth-order valence-electron chi connectivity index (χ4n) is 2.76. The Labute approximate surface area is 167 Å². The van der Waals surface area contributed by atoms with Crippen molar-refractivity contribution >= 4 is 32.9 Å². The van der Waals surface area contributed by atoms with E-state index in [2.05, 4.69) is 10.3 Å². The Morgan fingerprint density at radius 3 is 2.54 bits per heavy atom. The number of anilines is 2. The van der Waals surface area contributed by atoms with Crippen molar-refractivity contribution < 1.29 is 17.5 Å². The van der Waals surface area contributed by atoms with Gasteiger partial charge in [-0.25, -0.2) is 22.1 Å². The highest BCUT2D eigenvalue weighted by Crippen LogP contribution is 2.30. The van der Waals surface area contributed by atoms with Gasteiger partial charge in [0.05, 0.1) is 19.2 Å². The van der Waals surface area contributed by atoms with Crippen molar-refractivity contribution in [2.45, 2.75) is 18.4 Å². The van der Waals surface area contributed by atoms with Crippen LogP contribution in [-0.2, 0) is 16.6 Å². The normalized spacial score (nSPS) is 11.3. The molecule has 2 aromatic carbocycles. The second-order valence-corrected chi connectivity index (χ2v) is 8.60. The number of aromatic nitrogens is 1. The highest BCUT2D eigenvalue weighted by molar-refractivity contribution is 7.92. The lowest BCUT2D eigenvalue weighted by atomic mass is 10.2. The van der Waals surface area contributed by atoms with Gasteiger partial charge in [-0.15, -0.1) is 11.3 Å². The molecule has 0 spiro atoms. The van der Waals surface area contributed by atoms with Gasteiger partial charge in [0.1, 0.15) is 16.5 Å². The van der Waals surface area contributed by atoms with Crippen LogP contribution >= 0.6 is 11.3 Å². The van der Waals surface area contributed by atoms with E-state index in [-0.39, 0.29) is 17.3 Å². The predicted octanol–water partition coefficient (Wildman–Crippen LogP) is 4.04. The van der Waals surface area contributed by atoms with Crippen molar-refractivity contribution in [2.24, 2.45) is 0 Å². The number of thiazole rings is 1. The molecule has 0 saturated heterocycles. The Kier molecular flexibility index (Phi) is 5.85. The third-order valence-corrected chi connectivity index (χ3v) is 6.62. The molecule has 0 radical (unpaired) electrons. The van der Waals surface area contributed by atoms with E-state index in [0.29, 0.717) is 17.0 Å². The van der Waals surface area contributed by atoms with Crippen LogP contribution in [-0.4, -0.2) is 27.6 Å². The lowest BCUT2D eigenvalue weighted by molar-refractivity contribution is 0.414. The van der Waals surface area contributed by atoms with Crippen molar-refractivity contribution in [1.82, 2.24) is 4.98 Å². The Balaban J connectivity index is 2.06. The molecule has 0 aliphatic carbocycles. The first-order valence-corrected chi connectivity index (χ1v) is 10.8. The summed E-state index contributed by atoms with van der Waals surface area (Å²) in [6.07, 6.45) is 0. The first-order valence-electron chi connectivity index (χ1n) is 8.38. The highest BCUT2D eigenvalue weighted by atomic mass is 32.2. The molecule has 1 aromatic heterocycles. The van der Waals surface area contributed by atoms with Crippen molar-refractivity contribution in [3.05, 3.63) is 64.2 Å². The Bertz CT molecular complexity index is 1050. The molecular formula is C19H20FN3O3S2. The van der Waals surface area contributed by atoms with Crippen LogP contribution in [0.3, 0.4) is 0 Å². The standard InChI is InChI=1S/C19H20FN3O3S2/c1-13-8-18(16(20)9-17(13)21-2)28(24,25)23(19-11-27-12-22-19)10-14-4-6-15(26-3)7-5-14/h4-9,11-12,21H,10H2,1-3H3. The minimum Gasteiger partial charge on any atom is -0.497 e. The average Bonchev–Trinajstić information content (AvgIpc) is 3.22. The van der Waals surface area contributed by atoms with Gasteiger partial charge in [0, 0.05) is 18.1 Å². The van der Waals surface area contributed by atoms with Gasteiger partial charge in [-0.3, -0.25) is 0 Å². The molecule has 6 nitrogen and oxygen atoms in total. The van der Waals surface area contributed by atoms with Gasteiger partial charge < -0.3 is 10.1 Å². The van der Waals surface area contributed by atoms with Gasteiger partial charge >= 0.3 is 0 Å². The molecule has 9 heteroatoms. The quantitative estimate of drug-likeness (QED) is 0.624. The number of nitrogens with zero attached hydrogens (tertiary/aromatic N) is 2. The number of benzene rings is 2. The second-order valence-electron chi connectivity index (χ2n) is 6.05. The third kappa shape index (κ3) is 3.95. The smallest absolute Gasteiger partial charge is 0.268 e. The molecule has 0 atom stereocenters. The van der Waals surface area contributed by atoms with E-state index >= 15 is 0 Å². The van der Waals surface area contributed by atoms with Crippen molar-refractivity contribution in [2.75, 3.05) is 23.8 Å². The summed E-state index contributed by atoms with van der Waals surface area (Å²) in [6.45, 7) is 1.74. The molecule has 0 aliphatic rings. The Hall–Kier alpha value is -2.65. The summed E-state index contributed by atoms with van der Waals surface area (Å²) in [5, 5.41) is 4.47. The van der Waals surface area contributed by atoms with Crippen molar-refractivity contribution in [3.8, 4) is 5.75 Å². The summed E-state index contributed by atoms with van der Waals surface area (Å²) < 4.78 is 47.6. The lowest BCUT2D eigenvalue weighted by Gasteiger charge is -2.23. The number of sulfonamides is 1. The van der Waals surface area contributed by atoms with E-state index in [4.69, 9.17) is 4.74 Å². The average molecular weight is 422 g/mol.